The number of aliphatic carboxylic acids is 2. The van der Waals surface area contributed by atoms with Crippen LogP contribution in [-0.2, 0) is 24.0 Å². The van der Waals surface area contributed by atoms with E-state index in [0.29, 0.717) is 8.96 Å². The van der Waals surface area contributed by atoms with Crippen LogP contribution in [0.15, 0.2) is 31.3 Å². The van der Waals surface area contributed by atoms with Gasteiger partial charge in [0.05, 0.1) is 3.39 Å². The third kappa shape index (κ3) is 5.13. The molecule has 2 aliphatic heterocycles. The number of nitrogen functional groups attached to an aromatic ring is 1. The maximum Gasteiger partial charge on any atom is 0.352 e. The lowest BCUT2D eigenvalue weighted by Gasteiger charge is -2.49. The highest BCUT2D eigenvalue weighted by Crippen LogP contribution is 2.41. The molecule has 2 aliphatic rings. The van der Waals surface area contributed by atoms with Crippen LogP contribution in [0.5, 0.6) is 0 Å². The zero-order valence-corrected chi connectivity index (χ0v) is 20.5. The standard InChI is InChI=1S/C16H13Br2N5O7S2/c17-7(18)1-5-3-31-14-10(13(27)23(14)11(5)15(28)29)21-12(26)9(22-30-2-8(24)25)6-4-32-16(19)20-6/h1,4,10,14H,2-3H2,(H2,19,20)(H,21,26)(H,24,25)(H,28,29)/t10?,14-/m1/s1. The van der Waals surface area contributed by atoms with E-state index in [1.807, 2.05) is 0 Å². The number of carbonyl (C=O) groups excluding carboxylic acids is 2. The maximum absolute atomic E-state index is 12.8. The smallest absolute Gasteiger partial charge is 0.352 e. The minimum Gasteiger partial charge on any atom is -0.479 e. The number of thiazole rings is 1. The van der Waals surface area contributed by atoms with Crippen LogP contribution < -0.4 is 11.1 Å². The Morgan fingerprint density at radius 1 is 1.41 bits per heavy atom. The first kappa shape index (κ1) is 24.2. The third-order valence-corrected chi connectivity index (χ3v) is 6.53. The van der Waals surface area contributed by atoms with E-state index in [2.05, 4.69) is 52.2 Å². The van der Waals surface area contributed by atoms with Gasteiger partial charge in [-0.25, -0.2) is 14.6 Å². The van der Waals surface area contributed by atoms with E-state index in [-0.39, 0.29) is 28.0 Å². The van der Waals surface area contributed by atoms with Crippen LogP contribution in [0.2, 0.25) is 0 Å². The van der Waals surface area contributed by atoms with Gasteiger partial charge in [-0.15, -0.1) is 23.1 Å². The van der Waals surface area contributed by atoms with Crippen molar-refractivity contribution in [3.63, 3.8) is 0 Å². The molecule has 3 rings (SSSR count). The lowest BCUT2D eigenvalue weighted by molar-refractivity contribution is -0.150. The second-order valence-corrected chi connectivity index (χ2v) is 10.9. The highest BCUT2D eigenvalue weighted by molar-refractivity contribution is 9.28. The Labute approximate surface area is 204 Å². The van der Waals surface area contributed by atoms with Crippen LogP contribution >= 0.6 is 55.0 Å². The summed E-state index contributed by atoms with van der Waals surface area (Å²) in [5, 5.41) is 25.2. The van der Waals surface area contributed by atoms with E-state index in [9.17, 15) is 24.3 Å². The quantitative estimate of drug-likeness (QED) is 0.187. The van der Waals surface area contributed by atoms with Crippen LogP contribution in [-0.4, -0.2) is 73.3 Å². The van der Waals surface area contributed by atoms with Gasteiger partial charge in [-0.3, -0.25) is 14.5 Å². The summed E-state index contributed by atoms with van der Waals surface area (Å²) in [6.45, 7) is -0.794. The fraction of sp³-hybridized carbons (Fsp3) is 0.250. The Morgan fingerprint density at radius 2 is 2.12 bits per heavy atom. The SMILES string of the molecule is Nc1nc(C(=NOCC(=O)O)C(=O)NC2C(=O)N3C(C(=O)O)=C(C=C(Br)Br)CS[C@H]23)cs1. The normalized spacial score (nSPS) is 20.2. The lowest BCUT2D eigenvalue weighted by Crippen LogP contribution is -2.71. The van der Waals surface area contributed by atoms with Crippen molar-refractivity contribution in [1.29, 1.82) is 0 Å². The predicted octanol–water partition coefficient (Wildman–Crippen LogP) is 0.900. The molecule has 2 amide bonds. The molecule has 1 aromatic rings. The Balaban J connectivity index is 1.81. The van der Waals surface area contributed by atoms with Gasteiger partial charge in [-0.2, -0.15) is 0 Å². The number of thioether (sulfide) groups is 1. The summed E-state index contributed by atoms with van der Waals surface area (Å²) in [7, 11) is 0. The zero-order valence-electron chi connectivity index (χ0n) is 15.7. The highest BCUT2D eigenvalue weighted by Gasteiger charge is 2.54. The predicted molar refractivity (Wildman–Crippen MR) is 122 cm³/mol. The monoisotopic (exact) mass is 609 g/mol. The van der Waals surface area contributed by atoms with Gasteiger partial charge in [0.1, 0.15) is 22.8 Å². The summed E-state index contributed by atoms with van der Waals surface area (Å²) >= 11 is 8.65. The minimum absolute atomic E-state index is 0.0380. The minimum atomic E-state index is -1.30. The number of oxime groups is 1. The van der Waals surface area contributed by atoms with Crippen molar-refractivity contribution in [3.8, 4) is 0 Å². The zero-order chi connectivity index (χ0) is 23.6. The Hall–Kier alpha value is -2.43. The number of nitrogens with one attached hydrogen (secondary N) is 1. The molecule has 1 unspecified atom stereocenters. The van der Waals surface area contributed by atoms with Gasteiger partial charge in [-0.05, 0) is 43.5 Å². The number of carboxylic acids is 2. The van der Waals surface area contributed by atoms with Crippen molar-refractivity contribution < 1.29 is 34.2 Å². The summed E-state index contributed by atoms with van der Waals surface area (Å²) in [4.78, 5) is 57.6. The fourth-order valence-corrected chi connectivity index (χ4v) is 5.25. The van der Waals surface area contributed by atoms with Crippen molar-refractivity contribution in [2.45, 2.75) is 11.4 Å². The summed E-state index contributed by atoms with van der Waals surface area (Å²) in [5.74, 6) is -3.76. The van der Waals surface area contributed by atoms with Gasteiger partial charge in [0.15, 0.2) is 10.8 Å². The number of carboxylic acid groups (broad SMARTS) is 2. The van der Waals surface area contributed by atoms with E-state index in [0.717, 1.165) is 16.2 Å². The van der Waals surface area contributed by atoms with Crippen LogP contribution in [0.4, 0.5) is 5.13 Å². The van der Waals surface area contributed by atoms with Crippen molar-refractivity contribution in [2.75, 3.05) is 18.1 Å². The van der Waals surface area contributed by atoms with E-state index >= 15 is 0 Å². The number of aromatic nitrogens is 1. The van der Waals surface area contributed by atoms with Crippen molar-refractivity contribution in [3.05, 3.63) is 31.8 Å². The van der Waals surface area contributed by atoms with E-state index < -0.39 is 41.8 Å². The first-order valence-corrected chi connectivity index (χ1v) is 12.0. The van der Waals surface area contributed by atoms with E-state index in [1.54, 1.807) is 6.08 Å². The molecule has 0 saturated carbocycles. The fourth-order valence-electron chi connectivity index (χ4n) is 2.85. The number of carbonyl (C=O) groups is 4. The Bertz CT molecular complexity index is 1080. The van der Waals surface area contributed by atoms with Crippen LogP contribution in [0.3, 0.4) is 0 Å². The molecule has 0 spiro atoms. The maximum atomic E-state index is 12.8. The first-order chi connectivity index (χ1) is 15.1. The average molecular weight is 611 g/mol. The molecule has 1 aromatic heterocycles. The molecular weight excluding hydrogens is 598 g/mol. The molecule has 1 fully saturated rings. The number of β-lactam (4-membered cyclic amide) rings is 1. The molecule has 12 nitrogen and oxygen atoms in total. The number of nitrogens with zero attached hydrogens (tertiary/aromatic N) is 3. The molecule has 1 saturated heterocycles. The van der Waals surface area contributed by atoms with E-state index in [4.69, 9.17) is 10.8 Å². The van der Waals surface area contributed by atoms with Gasteiger partial charge in [0.2, 0.25) is 6.61 Å². The second kappa shape index (κ2) is 10.0. The molecule has 0 aliphatic carbocycles. The molecular formula is C16H13Br2N5O7S2. The highest BCUT2D eigenvalue weighted by atomic mass is 79.9. The average Bonchev–Trinajstić information content (AvgIpc) is 3.13. The molecule has 5 N–H and O–H groups in total. The summed E-state index contributed by atoms with van der Waals surface area (Å²) in [5.41, 5.74) is 5.50. The number of anilines is 1. The first-order valence-electron chi connectivity index (χ1n) is 8.48. The second-order valence-electron chi connectivity index (χ2n) is 6.15. The molecule has 32 heavy (non-hydrogen) atoms. The van der Waals surface area contributed by atoms with Crippen molar-refractivity contribution in [1.82, 2.24) is 15.2 Å². The van der Waals surface area contributed by atoms with Gasteiger partial charge < -0.3 is 26.1 Å². The molecule has 3 heterocycles. The van der Waals surface area contributed by atoms with Crippen molar-refractivity contribution in [2.24, 2.45) is 5.16 Å². The summed E-state index contributed by atoms with van der Waals surface area (Å²) in [6.07, 6.45) is 1.54. The van der Waals surface area contributed by atoms with Crippen LogP contribution in [0.1, 0.15) is 5.69 Å². The third-order valence-electron chi connectivity index (χ3n) is 4.09. The summed E-state index contributed by atoms with van der Waals surface area (Å²) < 4.78 is 0.514. The molecule has 0 radical (unpaired) electrons. The van der Waals surface area contributed by atoms with Gasteiger partial charge >= 0.3 is 11.9 Å². The Morgan fingerprint density at radius 3 is 2.69 bits per heavy atom. The number of hydrogen-bond donors (Lipinski definition) is 4. The number of halogens is 2. The van der Waals surface area contributed by atoms with Gasteiger partial charge in [-0.1, -0.05) is 5.16 Å². The molecule has 0 bridgehead atoms. The summed E-state index contributed by atoms with van der Waals surface area (Å²) in [6, 6.07) is -1.03. The Kier molecular flexibility index (Phi) is 7.58. The number of allylic oxidation sites excluding steroid dienone is 1. The number of hydrogen-bond acceptors (Lipinski definition) is 10. The van der Waals surface area contributed by atoms with E-state index in [1.165, 1.54) is 17.1 Å². The number of rotatable bonds is 8. The number of fused-ring (bicyclic) bond motifs is 1. The van der Waals surface area contributed by atoms with Gasteiger partial charge in [0, 0.05) is 11.1 Å². The van der Waals surface area contributed by atoms with Gasteiger partial charge in [0.25, 0.3) is 11.8 Å². The molecule has 16 heteroatoms. The lowest BCUT2D eigenvalue weighted by atomic mass is 10.0. The van der Waals surface area contributed by atoms with Crippen molar-refractivity contribution >= 4 is 89.6 Å². The topological polar surface area (TPSA) is 185 Å². The molecule has 2 atom stereocenters. The number of amides is 2. The molecule has 0 aromatic carbocycles. The van der Waals surface area contributed by atoms with Crippen LogP contribution in [0.25, 0.3) is 0 Å². The van der Waals surface area contributed by atoms with Crippen LogP contribution in [0, 0.1) is 0 Å². The molecule has 170 valence electrons. The largest absolute Gasteiger partial charge is 0.479 e. The number of nitrogens with two attached hydrogens (primary N) is 1.